The highest BCUT2D eigenvalue weighted by molar-refractivity contribution is 5.39. The molecular weight excluding hydrogens is 322 g/mol. The van der Waals surface area contributed by atoms with E-state index in [1.54, 1.807) is 18.5 Å². The van der Waals surface area contributed by atoms with Gasteiger partial charge in [-0.15, -0.1) is 0 Å². The van der Waals surface area contributed by atoms with Crippen molar-refractivity contribution in [3.8, 4) is 0 Å². The molecule has 0 aliphatic carbocycles. The fraction of sp³-hybridized carbons (Fsp3) is 0.438. The first-order chi connectivity index (χ1) is 12.2. The first kappa shape index (κ1) is 17.0. The number of hydrogen-bond donors (Lipinski definition) is 1. The Morgan fingerprint density at radius 3 is 2.52 bits per heavy atom. The molecule has 0 saturated carbocycles. The van der Waals surface area contributed by atoms with E-state index in [-0.39, 0.29) is 5.69 Å². The number of hydrogen-bond acceptors (Lipinski definition) is 8. The van der Waals surface area contributed by atoms with Crippen molar-refractivity contribution in [1.29, 1.82) is 0 Å². The van der Waals surface area contributed by atoms with E-state index in [0.29, 0.717) is 5.82 Å². The Hall–Kier alpha value is -2.81. The van der Waals surface area contributed by atoms with Crippen LogP contribution in [0.2, 0.25) is 0 Å². The third-order valence-electron chi connectivity index (χ3n) is 4.12. The maximum absolute atomic E-state index is 10.6. The second kappa shape index (κ2) is 8.34. The molecule has 25 heavy (non-hydrogen) atoms. The zero-order valence-corrected chi connectivity index (χ0v) is 13.9. The predicted octanol–water partition coefficient (Wildman–Crippen LogP) is 1.40. The molecule has 3 rings (SSSR count). The smallest absolute Gasteiger partial charge is 0.287 e. The first-order valence-corrected chi connectivity index (χ1v) is 8.31. The molecule has 132 valence electrons. The van der Waals surface area contributed by atoms with E-state index in [1.807, 2.05) is 6.07 Å². The molecule has 1 fully saturated rings. The van der Waals surface area contributed by atoms with Gasteiger partial charge in [0.05, 0.1) is 4.92 Å². The molecule has 0 spiro atoms. The van der Waals surface area contributed by atoms with Crippen molar-refractivity contribution in [2.75, 3.05) is 49.5 Å². The van der Waals surface area contributed by atoms with Crippen molar-refractivity contribution in [3.05, 3.63) is 46.9 Å². The van der Waals surface area contributed by atoms with Crippen LogP contribution in [0.15, 0.2) is 36.8 Å². The highest BCUT2D eigenvalue weighted by Crippen LogP contribution is 2.12. The van der Waals surface area contributed by atoms with Gasteiger partial charge < -0.3 is 10.2 Å². The average molecular weight is 343 g/mol. The van der Waals surface area contributed by atoms with Crippen molar-refractivity contribution >= 4 is 17.5 Å². The summed E-state index contributed by atoms with van der Waals surface area (Å²) in [5.41, 5.74) is 0.00539. The van der Waals surface area contributed by atoms with Crippen LogP contribution in [0.25, 0.3) is 0 Å². The molecule has 2 aromatic rings. The normalized spacial score (nSPS) is 15.1. The summed E-state index contributed by atoms with van der Waals surface area (Å²) < 4.78 is 0. The van der Waals surface area contributed by atoms with Crippen LogP contribution in [-0.4, -0.2) is 64.0 Å². The summed E-state index contributed by atoms with van der Waals surface area (Å²) in [6.07, 6.45) is 5.80. The van der Waals surface area contributed by atoms with Crippen LogP contribution >= 0.6 is 0 Å². The molecule has 0 amide bonds. The maximum atomic E-state index is 10.6. The summed E-state index contributed by atoms with van der Waals surface area (Å²) in [5, 5.41) is 13.8. The standard InChI is InChI=1S/C16H21N7O2/c24-23(25)14-3-4-15(20-13-14)17-7-2-8-21-9-11-22(12-10-21)16-18-5-1-6-19-16/h1,3-6,13H,2,7-12H2,(H,17,20). The minimum atomic E-state index is -0.448. The van der Waals surface area contributed by atoms with Crippen LogP contribution in [0.5, 0.6) is 0 Å². The van der Waals surface area contributed by atoms with Crippen LogP contribution < -0.4 is 10.2 Å². The lowest BCUT2D eigenvalue weighted by molar-refractivity contribution is -0.385. The predicted molar refractivity (Wildman–Crippen MR) is 94.7 cm³/mol. The van der Waals surface area contributed by atoms with Crippen LogP contribution in [0.3, 0.4) is 0 Å². The van der Waals surface area contributed by atoms with Gasteiger partial charge in [-0.05, 0) is 25.1 Å². The molecule has 0 atom stereocenters. The number of rotatable bonds is 7. The van der Waals surface area contributed by atoms with Gasteiger partial charge in [-0.3, -0.25) is 15.0 Å². The van der Waals surface area contributed by atoms with Gasteiger partial charge in [0.2, 0.25) is 5.95 Å². The molecule has 9 nitrogen and oxygen atoms in total. The molecule has 0 unspecified atom stereocenters. The molecular formula is C16H21N7O2. The second-order valence-electron chi connectivity index (χ2n) is 5.82. The van der Waals surface area contributed by atoms with Gasteiger partial charge in [0.1, 0.15) is 12.0 Å². The van der Waals surface area contributed by atoms with Crippen molar-refractivity contribution in [1.82, 2.24) is 19.9 Å². The fourth-order valence-electron chi connectivity index (χ4n) is 2.74. The Balaban J connectivity index is 1.34. The van der Waals surface area contributed by atoms with Gasteiger partial charge in [0.25, 0.3) is 5.69 Å². The summed E-state index contributed by atoms with van der Waals surface area (Å²) in [6.45, 7) is 5.64. The lowest BCUT2D eigenvalue weighted by Crippen LogP contribution is -2.47. The van der Waals surface area contributed by atoms with Crippen LogP contribution in [0, 0.1) is 10.1 Å². The number of pyridine rings is 1. The van der Waals surface area contributed by atoms with Crippen LogP contribution in [0.4, 0.5) is 17.5 Å². The molecule has 1 N–H and O–H groups in total. The highest BCUT2D eigenvalue weighted by Gasteiger charge is 2.18. The quantitative estimate of drug-likeness (QED) is 0.457. The summed E-state index contributed by atoms with van der Waals surface area (Å²) in [6, 6.07) is 4.92. The lowest BCUT2D eigenvalue weighted by Gasteiger charge is -2.34. The highest BCUT2D eigenvalue weighted by atomic mass is 16.6. The van der Waals surface area contributed by atoms with Crippen molar-refractivity contribution in [2.24, 2.45) is 0 Å². The Kier molecular flexibility index (Phi) is 5.68. The Morgan fingerprint density at radius 2 is 1.88 bits per heavy atom. The van der Waals surface area contributed by atoms with Crippen LogP contribution in [0.1, 0.15) is 6.42 Å². The molecule has 0 bridgehead atoms. The fourth-order valence-corrected chi connectivity index (χ4v) is 2.74. The maximum Gasteiger partial charge on any atom is 0.287 e. The largest absolute Gasteiger partial charge is 0.370 e. The lowest BCUT2D eigenvalue weighted by atomic mass is 10.3. The average Bonchev–Trinajstić information content (AvgIpc) is 2.67. The third kappa shape index (κ3) is 4.83. The summed E-state index contributed by atoms with van der Waals surface area (Å²) in [5.74, 6) is 1.46. The van der Waals surface area contributed by atoms with Gasteiger partial charge in [0.15, 0.2) is 0 Å². The summed E-state index contributed by atoms with van der Waals surface area (Å²) in [7, 11) is 0. The van der Waals surface area contributed by atoms with Gasteiger partial charge >= 0.3 is 0 Å². The Morgan fingerprint density at radius 1 is 1.12 bits per heavy atom. The summed E-state index contributed by atoms with van der Waals surface area (Å²) >= 11 is 0. The topological polar surface area (TPSA) is 100 Å². The van der Waals surface area contributed by atoms with E-state index in [2.05, 4.69) is 30.1 Å². The molecule has 1 aliphatic rings. The number of anilines is 2. The molecule has 0 aromatic carbocycles. The number of nitrogens with zero attached hydrogens (tertiary/aromatic N) is 6. The second-order valence-corrected chi connectivity index (χ2v) is 5.82. The van der Waals surface area contributed by atoms with Crippen LogP contribution in [-0.2, 0) is 0 Å². The van der Waals surface area contributed by atoms with E-state index < -0.39 is 4.92 Å². The Labute approximate surface area is 145 Å². The van der Waals surface area contributed by atoms with E-state index in [9.17, 15) is 10.1 Å². The zero-order valence-electron chi connectivity index (χ0n) is 13.9. The number of aromatic nitrogens is 3. The van der Waals surface area contributed by atoms with E-state index in [4.69, 9.17) is 0 Å². The molecule has 3 heterocycles. The number of nitro groups is 1. The van der Waals surface area contributed by atoms with Gasteiger partial charge in [0, 0.05) is 51.2 Å². The summed E-state index contributed by atoms with van der Waals surface area (Å²) in [4.78, 5) is 27.4. The molecule has 0 radical (unpaired) electrons. The number of nitrogens with one attached hydrogen (secondary N) is 1. The Bertz CT molecular complexity index is 673. The third-order valence-corrected chi connectivity index (χ3v) is 4.12. The zero-order chi connectivity index (χ0) is 17.5. The van der Waals surface area contributed by atoms with Crippen molar-refractivity contribution in [2.45, 2.75) is 6.42 Å². The van der Waals surface area contributed by atoms with Gasteiger partial charge in [-0.2, -0.15) is 0 Å². The molecule has 1 saturated heterocycles. The van der Waals surface area contributed by atoms with E-state index in [0.717, 1.165) is 51.6 Å². The van der Waals surface area contributed by atoms with Gasteiger partial charge in [-0.1, -0.05) is 0 Å². The minimum absolute atomic E-state index is 0.00539. The van der Waals surface area contributed by atoms with Gasteiger partial charge in [-0.25, -0.2) is 15.0 Å². The molecule has 9 heteroatoms. The SMILES string of the molecule is O=[N+]([O-])c1ccc(NCCCN2CCN(c3ncccn3)CC2)nc1. The van der Waals surface area contributed by atoms with Crippen molar-refractivity contribution in [3.63, 3.8) is 0 Å². The monoisotopic (exact) mass is 343 g/mol. The van der Waals surface area contributed by atoms with E-state index in [1.165, 1.54) is 12.3 Å². The number of piperazine rings is 1. The van der Waals surface area contributed by atoms with E-state index >= 15 is 0 Å². The molecule has 1 aliphatic heterocycles. The minimum Gasteiger partial charge on any atom is -0.370 e. The molecule has 2 aromatic heterocycles. The first-order valence-electron chi connectivity index (χ1n) is 8.31. The van der Waals surface area contributed by atoms with Crippen molar-refractivity contribution < 1.29 is 4.92 Å².